The van der Waals surface area contributed by atoms with Gasteiger partial charge in [0.15, 0.2) is 0 Å². The van der Waals surface area contributed by atoms with Gasteiger partial charge in [0.05, 0.1) is 18.0 Å². The van der Waals surface area contributed by atoms with Gasteiger partial charge in [-0.25, -0.2) is 4.98 Å². The predicted octanol–water partition coefficient (Wildman–Crippen LogP) is 0.625. The van der Waals surface area contributed by atoms with Crippen molar-refractivity contribution in [1.29, 1.82) is 0 Å². The highest BCUT2D eigenvalue weighted by atomic mass is 16.3. The maximum absolute atomic E-state index is 9.35. The number of rotatable bonds is 1. The highest BCUT2D eigenvalue weighted by molar-refractivity contribution is 5.45. The lowest BCUT2D eigenvalue weighted by atomic mass is 10.1. The predicted molar refractivity (Wildman–Crippen MR) is 56.1 cm³/mol. The lowest BCUT2D eigenvalue weighted by Gasteiger charge is -2.30. The molecule has 0 saturated carbocycles. The molecule has 76 valence electrons. The van der Waals surface area contributed by atoms with Gasteiger partial charge in [0.1, 0.15) is 5.82 Å². The number of nitrogen functional groups attached to an aromatic ring is 1. The summed E-state index contributed by atoms with van der Waals surface area (Å²) in [5, 5.41) is 9.35. The highest BCUT2D eigenvalue weighted by Crippen LogP contribution is 2.18. The molecule has 4 heteroatoms. The summed E-state index contributed by atoms with van der Waals surface area (Å²) < 4.78 is 0. The molecule has 1 fully saturated rings. The molecular weight excluding hydrogens is 178 g/mol. The first-order valence-electron chi connectivity index (χ1n) is 4.90. The SMILES string of the molecule is Nc1ccc(N2CCC(O)CC2)nc1. The van der Waals surface area contributed by atoms with Crippen LogP contribution < -0.4 is 10.6 Å². The zero-order valence-electron chi connectivity index (χ0n) is 8.06. The van der Waals surface area contributed by atoms with E-state index in [0.29, 0.717) is 5.69 Å². The van der Waals surface area contributed by atoms with Crippen LogP contribution in [0.15, 0.2) is 18.3 Å². The molecule has 14 heavy (non-hydrogen) atoms. The van der Waals surface area contributed by atoms with E-state index in [-0.39, 0.29) is 6.10 Å². The lowest BCUT2D eigenvalue weighted by molar-refractivity contribution is 0.145. The molecule has 4 nitrogen and oxygen atoms in total. The summed E-state index contributed by atoms with van der Waals surface area (Å²) in [6, 6.07) is 3.78. The molecule has 2 heterocycles. The molecule has 0 amide bonds. The van der Waals surface area contributed by atoms with E-state index >= 15 is 0 Å². The molecule has 1 aliphatic heterocycles. The highest BCUT2D eigenvalue weighted by Gasteiger charge is 2.17. The van der Waals surface area contributed by atoms with E-state index in [2.05, 4.69) is 9.88 Å². The van der Waals surface area contributed by atoms with Crippen molar-refractivity contribution >= 4 is 11.5 Å². The Hall–Kier alpha value is -1.29. The molecule has 2 rings (SSSR count). The molecule has 1 aromatic heterocycles. The summed E-state index contributed by atoms with van der Waals surface area (Å²) in [4.78, 5) is 6.42. The van der Waals surface area contributed by atoms with E-state index < -0.39 is 0 Å². The van der Waals surface area contributed by atoms with Crippen molar-refractivity contribution in [2.45, 2.75) is 18.9 Å². The minimum atomic E-state index is -0.139. The van der Waals surface area contributed by atoms with Crippen LogP contribution in [-0.2, 0) is 0 Å². The van der Waals surface area contributed by atoms with Crippen molar-refractivity contribution in [3.05, 3.63) is 18.3 Å². The quantitative estimate of drug-likeness (QED) is 0.686. The van der Waals surface area contributed by atoms with Crippen LogP contribution in [0.3, 0.4) is 0 Å². The summed E-state index contributed by atoms with van der Waals surface area (Å²) in [7, 11) is 0. The number of hydrogen-bond acceptors (Lipinski definition) is 4. The van der Waals surface area contributed by atoms with Crippen molar-refractivity contribution in [3.63, 3.8) is 0 Å². The van der Waals surface area contributed by atoms with E-state index in [0.717, 1.165) is 31.7 Å². The van der Waals surface area contributed by atoms with Crippen LogP contribution in [0.5, 0.6) is 0 Å². The number of nitrogens with two attached hydrogens (primary N) is 1. The average Bonchev–Trinajstić information content (AvgIpc) is 2.21. The third-order valence-corrected chi connectivity index (χ3v) is 2.56. The van der Waals surface area contributed by atoms with Crippen LogP contribution >= 0.6 is 0 Å². The van der Waals surface area contributed by atoms with Gasteiger partial charge in [-0.15, -0.1) is 0 Å². The molecule has 0 spiro atoms. The second-order valence-electron chi connectivity index (χ2n) is 3.67. The first-order chi connectivity index (χ1) is 6.75. The van der Waals surface area contributed by atoms with E-state index in [9.17, 15) is 5.11 Å². The number of hydrogen-bond donors (Lipinski definition) is 2. The van der Waals surface area contributed by atoms with Gasteiger partial charge >= 0.3 is 0 Å². The van der Waals surface area contributed by atoms with Gasteiger partial charge in [0.25, 0.3) is 0 Å². The molecule has 0 aromatic carbocycles. The average molecular weight is 193 g/mol. The summed E-state index contributed by atoms with van der Waals surface area (Å²) >= 11 is 0. The van der Waals surface area contributed by atoms with Crippen LogP contribution in [0.4, 0.5) is 11.5 Å². The molecule has 1 aromatic rings. The lowest BCUT2D eigenvalue weighted by Crippen LogP contribution is -2.36. The van der Waals surface area contributed by atoms with Gasteiger partial charge in [0.2, 0.25) is 0 Å². The van der Waals surface area contributed by atoms with E-state index in [1.165, 1.54) is 0 Å². The Labute approximate surface area is 83.4 Å². The van der Waals surface area contributed by atoms with Crippen LogP contribution in [0.25, 0.3) is 0 Å². The fraction of sp³-hybridized carbons (Fsp3) is 0.500. The molecule has 3 N–H and O–H groups in total. The normalized spacial score (nSPS) is 18.5. The number of aromatic nitrogens is 1. The van der Waals surface area contributed by atoms with Crippen LogP contribution in [0.1, 0.15) is 12.8 Å². The van der Waals surface area contributed by atoms with E-state index in [1.807, 2.05) is 12.1 Å². The fourth-order valence-corrected chi connectivity index (χ4v) is 1.68. The fourth-order valence-electron chi connectivity index (χ4n) is 1.68. The molecule has 0 atom stereocenters. The Balaban J connectivity index is 2.05. The number of anilines is 2. The number of pyridine rings is 1. The maximum Gasteiger partial charge on any atom is 0.128 e. The van der Waals surface area contributed by atoms with Gasteiger partial charge in [-0.2, -0.15) is 0 Å². The van der Waals surface area contributed by atoms with E-state index in [4.69, 9.17) is 5.73 Å². The third kappa shape index (κ3) is 1.96. The minimum Gasteiger partial charge on any atom is -0.397 e. The first kappa shape index (κ1) is 9.27. The number of aliphatic hydroxyl groups excluding tert-OH is 1. The van der Waals surface area contributed by atoms with Crippen molar-refractivity contribution in [1.82, 2.24) is 4.98 Å². The standard InChI is InChI=1S/C10H15N3O/c11-8-1-2-10(12-7-8)13-5-3-9(14)4-6-13/h1-2,7,9,14H,3-6,11H2. The summed E-state index contributed by atoms with van der Waals surface area (Å²) in [5.41, 5.74) is 6.24. The molecule has 0 aliphatic carbocycles. The second-order valence-corrected chi connectivity index (χ2v) is 3.67. The van der Waals surface area contributed by atoms with Gasteiger partial charge < -0.3 is 15.7 Å². The minimum absolute atomic E-state index is 0.139. The van der Waals surface area contributed by atoms with Gasteiger partial charge in [-0.1, -0.05) is 0 Å². The van der Waals surface area contributed by atoms with Crippen LogP contribution in [-0.4, -0.2) is 29.3 Å². The Morgan fingerprint density at radius 3 is 2.64 bits per heavy atom. The number of piperidine rings is 1. The molecule has 0 bridgehead atoms. The Bertz CT molecular complexity index is 291. The van der Waals surface area contributed by atoms with Gasteiger partial charge in [-0.3, -0.25) is 0 Å². The van der Waals surface area contributed by atoms with Crippen molar-refractivity contribution < 1.29 is 5.11 Å². The largest absolute Gasteiger partial charge is 0.397 e. The Kier molecular flexibility index (Phi) is 2.54. The molecule has 1 aliphatic rings. The topological polar surface area (TPSA) is 62.4 Å². The molecule has 0 unspecified atom stereocenters. The maximum atomic E-state index is 9.35. The smallest absolute Gasteiger partial charge is 0.128 e. The van der Waals surface area contributed by atoms with E-state index in [1.54, 1.807) is 6.20 Å². The number of nitrogens with zero attached hydrogens (tertiary/aromatic N) is 2. The molecule has 1 saturated heterocycles. The first-order valence-corrected chi connectivity index (χ1v) is 4.90. The monoisotopic (exact) mass is 193 g/mol. The van der Waals surface area contributed by atoms with Crippen molar-refractivity contribution in [2.75, 3.05) is 23.7 Å². The Morgan fingerprint density at radius 2 is 2.07 bits per heavy atom. The van der Waals surface area contributed by atoms with Crippen LogP contribution in [0, 0.1) is 0 Å². The zero-order valence-corrected chi connectivity index (χ0v) is 8.06. The molecule has 0 radical (unpaired) electrons. The summed E-state index contributed by atoms with van der Waals surface area (Å²) in [6.07, 6.45) is 3.18. The van der Waals surface area contributed by atoms with Gasteiger partial charge in [-0.05, 0) is 25.0 Å². The Morgan fingerprint density at radius 1 is 1.36 bits per heavy atom. The van der Waals surface area contributed by atoms with Crippen molar-refractivity contribution in [2.24, 2.45) is 0 Å². The summed E-state index contributed by atoms with van der Waals surface area (Å²) in [5.74, 6) is 0.950. The molecular formula is C10H15N3O. The van der Waals surface area contributed by atoms with Crippen molar-refractivity contribution in [3.8, 4) is 0 Å². The second kappa shape index (κ2) is 3.84. The van der Waals surface area contributed by atoms with Crippen LogP contribution in [0.2, 0.25) is 0 Å². The summed E-state index contributed by atoms with van der Waals surface area (Å²) in [6.45, 7) is 1.75. The zero-order chi connectivity index (χ0) is 9.97. The number of aliphatic hydroxyl groups is 1. The third-order valence-electron chi connectivity index (χ3n) is 2.56. The van der Waals surface area contributed by atoms with Gasteiger partial charge in [0, 0.05) is 13.1 Å².